The number of pyridine rings is 1. The van der Waals surface area contributed by atoms with Gasteiger partial charge in [0, 0.05) is 18.1 Å². The van der Waals surface area contributed by atoms with Gasteiger partial charge in [-0.05, 0) is 44.0 Å². The molecule has 0 aliphatic rings. The summed E-state index contributed by atoms with van der Waals surface area (Å²) in [6.45, 7) is 5.86. The van der Waals surface area contributed by atoms with E-state index in [4.69, 9.17) is 0 Å². The van der Waals surface area contributed by atoms with Crippen LogP contribution in [0.3, 0.4) is 0 Å². The number of nitriles is 1. The molecule has 116 valence electrons. The summed E-state index contributed by atoms with van der Waals surface area (Å²) < 4.78 is 0. The molecule has 23 heavy (non-hydrogen) atoms. The molecule has 5 heteroatoms. The first-order valence-corrected chi connectivity index (χ1v) is 7.17. The summed E-state index contributed by atoms with van der Waals surface area (Å²) in [5.41, 5.74) is 4.50. The first-order valence-electron chi connectivity index (χ1n) is 7.17. The number of nitrogens with zero attached hydrogens (tertiary/aromatic N) is 2. The number of hydrogen-bond acceptors (Lipinski definition) is 4. The maximum atomic E-state index is 12.3. The van der Waals surface area contributed by atoms with Crippen LogP contribution < -0.4 is 10.6 Å². The number of hydrogen-bond donors (Lipinski definition) is 2. The van der Waals surface area contributed by atoms with Crippen LogP contribution in [0.15, 0.2) is 48.4 Å². The number of benzene rings is 1. The minimum absolute atomic E-state index is 0.00627. The fourth-order valence-electron chi connectivity index (χ4n) is 2.31. The van der Waals surface area contributed by atoms with Gasteiger partial charge in [-0.2, -0.15) is 5.26 Å². The molecule has 5 nitrogen and oxygen atoms in total. The van der Waals surface area contributed by atoms with E-state index < -0.39 is 5.91 Å². The van der Waals surface area contributed by atoms with Crippen LogP contribution >= 0.6 is 0 Å². The van der Waals surface area contributed by atoms with Gasteiger partial charge in [0.15, 0.2) is 0 Å². The zero-order valence-corrected chi connectivity index (χ0v) is 13.3. The predicted octanol–water partition coefficient (Wildman–Crippen LogP) is 3.46. The molecule has 2 rings (SSSR count). The number of anilines is 2. The Labute approximate surface area is 135 Å². The molecule has 1 heterocycles. The van der Waals surface area contributed by atoms with Crippen molar-refractivity contribution in [1.29, 1.82) is 5.26 Å². The molecule has 1 amide bonds. The summed E-state index contributed by atoms with van der Waals surface area (Å²) in [7, 11) is 0. The van der Waals surface area contributed by atoms with Crippen molar-refractivity contribution >= 4 is 17.3 Å². The van der Waals surface area contributed by atoms with Gasteiger partial charge in [-0.3, -0.25) is 9.78 Å². The van der Waals surface area contributed by atoms with Crippen molar-refractivity contribution < 1.29 is 4.79 Å². The summed E-state index contributed by atoms with van der Waals surface area (Å²) in [4.78, 5) is 16.3. The molecule has 0 radical (unpaired) electrons. The van der Waals surface area contributed by atoms with Gasteiger partial charge in [0.25, 0.3) is 5.91 Å². The highest BCUT2D eigenvalue weighted by atomic mass is 16.1. The molecular formula is C18H18N4O. The molecule has 0 aliphatic heterocycles. The van der Waals surface area contributed by atoms with Crippen molar-refractivity contribution in [3.63, 3.8) is 0 Å². The molecule has 1 aromatic heterocycles. The molecule has 0 spiro atoms. The van der Waals surface area contributed by atoms with E-state index in [1.165, 1.54) is 6.20 Å². The molecule has 0 aliphatic carbocycles. The topological polar surface area (TPSA) is 77.8 Å². The predicted molar refractivity (Wildman–Crippen MR) is 90.8 cm³/mol. The largest absolute Gasteiger partial charge is 0.359 e. The maximum Gasteiger partial charge on any atom is 0.267 e. The maximum absolute atomic E-state index is 12.3. The van der Waals surface area contributed by atoms with Crippen molar-refractivity contribution in [2.45, 2.75) is 20.8 Å². The van der Waals surface area contributed by atoms with Gasteiger partial charge >= 0.3 is 0 Å². The van der Waals surface area contributed by atoms with Gasteiger partial charge in [-0.25, -0.2) is 0 Å². The van der Waals surface area contributed by atoms with Crippen LogP contribution in [0.5, 0.6) is 0 Å². The van der Waals surface area contributed by atoms with Gasteiger partial charge in [0.1, 0.15) is 11.6 Å². The van der Waals surface area contributed by atoms with Gasteiger partial charge < -0.3 is 10.6 Å². The number of carbonyl (C=O) groups excluding carboxylic acids is 1. The summed E-state index contributed by atoms with van der Waals surface area (Å²) in [5.74, 6) is -0.445. The zero-order valence-electron chi connectivity index (χ0n) is 13.3. The van der Waals surface area contributed by atoms with E-state index >= 15 is 0 Å². The standard InChI is InChI=1S/C18H18N4O/c1-12-7-13(2)17(14(3)8-12)22-18(23)15(9-19)10-21-16-5-4-6-20-11-16/h4-8,10-11,21H,1-3H3,(H,22,23)/b15-10-. The summed E-state index contributed by atoms with van der Waals surface area (Å²) in [5, 5.41) is 14.9. The van der Waals surface area contributed by atoms with Gasteiger partial charge in [0.2, 0.25) is 0 Å². The summed E-state index contributed by atoms with van der Waals surface area (Å²) in [6.07, 6.45) is 4.64. The number of aryl methyl sites for hydroxylation is 3. The highest BCUT2D eigenvalue weighted by molar-refractivity contribution is 6.07. The lowest BCUT2D eigenvalue weighted by Crippen LogP contribution is -2.16. The SMILES string of the molecule is Cc1cc(C)c(NC(=O)/C(C#N)=C\Nc2cccnc2)c(C)c1. The average molecular weight is 306 g/mol. The van der Waals surface area contributed by atoms with E-state index in [9.17, 15) is 10.1 Å². The number of rotatable bonds is 4. The smallest absolute Gasteiger partial charge is 0.267 e. The second-order valence-electron chi connectivity index (χ2n) is 5.28. The third-order valence-corrected chi connectivity index (χ3v) is 3.33. The van der Waals surface area contributed by atoms with E-state index in [1.807, 2.05) is 39.0 Å². The first-order chi connectivity index (χ1) is 11.0. The van der Waals surface area contributed by atoms with E-state index in [0.717, 1.165) is 22.4 Å². The molecule has 0 fully saturated rings. The average Bonchev–Trinajstić information content (AvgIpc) is 2.52. The lowest BCUT2D eigenvalue weighted by molar-refractivity contribution is -0.112. The van der Waals surface area contributed by atoms with Crippen molar-refractivity contribution in [2.75, 3.05) is 10.6 Å². The van der Waals surface area contributed by atoms with E-state index in [1.54, 1.807) is 24.5 Å². The first kappa shape index (κ1) is 16.2. The number of carbonyl (C=O) groups is 1. The van der Waals surface area contributed by atoms with Crippen molar-refractivity contribution in [1.82, 2.24) is 4.98 Å². The number of aromatic nitrogens is 1. The highest BCUT2D eigenvalue weighted by Gasteiger charge is 2.12. The summed E-state index contributed by atoms with van der Waals surface area (Å²) in [6, 6.07) is 9.45. The molecule has 2 aromatic rings. The Bertz CT molecular complexity index is 765. The zero-order chi connectivity index (χ0) is 16.8. The fourth-order valence-corrected chi connectivity index (χ4v) is 2.31. The second-order valence-corrected chi connectivity index (χ2v) is 5.28. The Hall–Kier alpha value is -3.13. The van der Waals surface area contributed by atoms with E-state index in [-0.39, 0.29) is 5.57 Å². The second kappa shape index (κ2) is 7.23. The Morgan fingerprint density at radius 3 is 2.52 bits per heavy atom. The lowest BCUT2D eigenvalue weighted by atomic mass is 10.0. The minimum Gasteiger partial charge on any atom is -0.359 e. The Morgan fingerprint density at radius 1 is 1.26 bits per heavy atom. The Morgan fingerprint density at radius 2 is 1.96 bits per heavy atom. The summed E-state index contributed by atoms with van der Waals surface area (Å²) >= 11 is 0. The van der Waals surface area contributed by atoms with Crippen LogP contribution in [-0.2, 0) is 4.79 Å². The normalized spacial score (nSPS) is 10.8. The van der Waals surface area contributed by atoms with Crippen LogP contribution in [0, 0.1) is 32.1 Å². The van der Waals surface area contributed by atoms with Crippen LogP contribution in [-0.4, -0.2) is 10.9 Å². The lowest BCUT2D eigenvalue weighted by Gasteiger charge is -2.12. The van der Waals surface area contributed by atoms with Crippen molar-refractivity contribution in [2.24, 2.45) is 0 Å². The molecule has 0 unspecified atom stereocenters. The number of amides is 1. The third-order valence-electron chi connectivity index (χ3n) is 3.33. The van der Waals surface area contributed by atoms with Crippen molar-refractivity contribution in [3.05, 3.63) is 65.1 Å². The molecule has 1 aromatic carbocycles. The molecule has 0 saturated carbocycles. The monoisotopic (exact) mass is 306 g/mol. The van der Waals surface area contributed by atoms with E-state index in [0.29, 0.717) is 5.69 Å². The molecule has 0 bridgehead atoms. The molecule has 2 N–H and O–H groups in total. The van der Waals surface area contributed by atoms with Gasteiger partial charge in [0.05, 0.1) is 11.9 Å². The van der Waals surface area contributed by atoms with Crippen LogP contribution in [0.1, 0.15) is 16.7 Å². The molecular weight excluding hydrogens is 288 g/mol. The van der Waals surface area contributed by atoms with Crippen LogP contribution in [0.25, 0.3) is 0 Å². The van der Waals surface area contributed by atoms with Crippen LogP contribution in [0.2, 0.25) is 0 Å². The Kier molecular flexibility index (Phi) is 5.11. The third kappa shape index (κ3) is 4.17. The van der Waals surface area contributed by atoms with Crippen molar-refractivity contribution in [3.8, 4) is 6.07 Å². The quantitative estimate of drug-likeness (QED) is 0.670. The van der Waals surface area contributed by atoms with Crippen LogP contribution in [0.4, 0.5) is 11.4 Å². The van der Waals surface area contributed by atoms with Gasteiger partial charge in [-0.15, -0.1) is 0 Å². The highest BCUT2D eigenvalue weighted by Crippen LogP contribution is 2.22. The minimum atomic E-state index is -0.445. The number of nitrogens with one attached hydrogen (secondary N) is 2. The van der Waals surface area contributed by atoms with E-state index in [2.05, 4.69) is 15.6 Å². The molecule has 0 atom stereocenters. The van der Waals surface area contributed by atoms with Gasteiger partial charge in [-0.1, -0.05) is 17.7 Å². The fraction of sp³-hybridized carbons (Fsp3) is 0.167. The molecule has 0 saturated heterocycles. The Balaban J connectivity index is 2.17.